The SMILES string of the molecule is CCN(CC)S(=O)(=O)c1ccc(C)c(C(=O)OCC(=O)NCc2ccccc2)c1. The lowest BCUT2D eigenvalue weighted by atomic mass is 10.1. The Hall–Kier alpha value is -2.71. The standard InChI is InChI=1S/C21H26N2O5S/c1-4-23(5-2)29(26,27)18-12-11-16(3)19(13-18)21(25)28-15-20(24)22-14-17-9-7-6-8-10-17/h6-13H,4-5,14-15H2,1-3H3,(H,22,24). The van der Waals surface area contributed by atoms with Crippen molar-refractivity contribution >= 4 is 21.9 Å². The number of ether oxygens (including phenoxy) is 1. The largest absolute Gasteiger partial charge is 0.452 e. The second kappa shape index (κ2) is 10.2. The van der Waals surface area contributed by atoms with Crippen LogP contribution < -0.4 is 5.32 Å². The number of hydrogen-bond acceptors (Lipinski definition) is 5. The van der Waals surface area contributed by atoms with E-state index in [9.17, 15) is 18.0 Å². The Morgan fingerprint density at radius 2 is 1.69 bits per heavy atom. The second-order valence-electron chi connectivity index (χ2n) is 6.40. The lowest BCUT2D eigenvalue weighted by Gasteiger charge is -2.19. The van der Waals surface area contributed by atoms with E-state index >= 15 is 0 Å². The Kier molecular flexibility index (Phi) is 7.92. The molecule has 0 heterocycles. The molecule has 0 aromatic heterocycles. The number of aryl methyl sites for hydroxylation is 1. The van der Waals surface area contributed by atoms with Gasteiger partial charge in [0.25, 0.3) is 5.91 Å². The topological polar surface area (TPSA) is 92.8 Å². The van der Waals surface area contributed by atoms with Gasteiger partial charge < -0.3 is 10.1 Å². The molecule has 1 amide bonds. The van der Waals surface area contributed by atoms with Crippen LogP contribution in [0, 0.1) is 6.92 Å². The number of sulfonamides is 1. The number of esters is 1. The number of nitrogens with one attached hydrogen (secondary N) is 1. The minimum absolute atomic E-state index is 0.0206. The molecule has 7 nitrogen and oxygen atoms in total. The third kappa shape index (κ3) is 5.88. The normalized spacial score (nSPS) is 11.3. The Labute approximate surface area is 171 Å². The van der Waals surface area contributed by atoms with E-state index in [1.165, 1.54) is 16.4 Å². The number of rotatable bonds is 9. The van der Waals surface area contributed by atoms with Crippen molar-refractivity contribution in [3.8, 4) is 0 Å². The highest BCUT2D eigenvalue weighted by molar-refractivity contribution is 7.89. The summed E-state index contributed by atoms with van der Waals surface area (Å²) < 4.78 is 31.7. The number of carbonyl (C=O) groups excluding carboxylic acids is 2. The number of carbonyl (C=O) groups is 2. The van der Waals surface area contributed by atoms with Gasteiger partial charge >= 0.3 is 5.97 Å². The van der Waals surface area contributed by atoms with Crippen molar-refractivity contribution < 1.29 is 22.7 Å². The van der Waals surface area contributed by atoms with Crippen LogP contribution in [0.2, 0.25) is 0 Å². The van der Waals surface area contributed by atoms with Crippen LogP contribution in [0.1, 0.15) is 35.3 Å². The van der Waals surface area contributed by atoms with Crippen LogP contribution >= 0.6 is 0 Å². The van der Waals surface area contributed by atoms with E-state index in [2.05, 4.69) is 5.32 Å². The average molecular weight is 419 g/mol. The maximum atomic E-state index is 12.7. The first-order valence-electron chi connectivity index (χ1n) is 9.38. The van der Waals surface area contributed by atoms with Gasteiger partial charge in [-0.25, -0.2) is 13.2 Å². The lowest BCUT2D eigenvalue weighted by molar-refractivity contribution is -0.124. The fraction of sp³-hybridized carbons (Fsp3) is 0.333. The zero-order valence-corrected chi connectivity index (χ0v) is 17.7. The lowest BCUT2D eigenvalue weighted by Crippen LogP contribution is -2.31. The van der Waals surface area contributed by atoms with Gasteiger partial charge in [0.15, 0.2) is 6.61 Å². The zero-order valence-electron chi connectivity index (χ0n) is 16.8. The molecule has 0 radical (unpaired) electrons. The van der Waals surface area contributed by atoms with Gasteiger partial charge in [-0.15, -0.1) is 0 Å². The maximum Gasteiger partial charge on any atom is 0.338 e. The van der Waals surface area contributed by atoms with Crippen molar-refractivity contribution in [2.24, 2.45) is 0 Å². The second-order valence-corrected chi connectivity index (χ2v) is 8.34. The van der Waals surface area contributed by atoms with Crippen LogP contribution in [0.3, 0.4) is 0 Å². The summed E-state index contributed by atoms with van der Waals surface area (Å²) >= 11 is 0. The first-order chi connectivity index (χ1) is 13.8. The molecule has 8 heteroatoms. The number of benzene rings is 2. The molecule has 0 spiro atoms. The molecular weight excluding hydrogens is 392 g/mol. The van der Waals surface area contributed by atoms with Gasteiger partial charge in [-0.1, -0.05) is 50.2 Å². The monoisotopic (exact) mass is 418 g/mol. The maximum absolute atomic E-state index is 12.7. The van der Waals surface area contributed by atoms with Crippen LogP contribution in [-0.2, 0) is 26.1 Å². The molecule has 2 rings (SSSR count). The first kappa shape index (κ1) is 22.6. The summed E-state index contributed by atoms with van der Waals surface area (Å²) in [5.74, 6) is -1.18. The fourth-order valence-corrected chi connectivity index (χ4v) is 4.24. The van der Waals surface area contributed by atoms with E-state index in [4.69, 9.17) is 4.74 Å². The summed E-state index contributed by atoms with van der Waals surface area (Å²) in [5.41, 5.74) is 1.62. The molecule has 0 bridgehead atoms. The summed E-state index contributed by atoms with van der Waals surface area (Å²) in [4.78, 5) is 24.4. The molecule has 2 aromatic carbocycles. The highest BCUT2D eigenvalue weighted by Gasteiger charge is 2.24. The van der Waals surface area contributed by atoms with Gasteiger partial charge in [0.05, 0.1) is 10.5 Å². The summed E-state index contributed by atoms with van der Waals surface area (Å²) in [5, 5.41) is 2.67. The Morgan fingerprint density at radius 3 is 2.31 bits per heavy atom. The molecule has 156 valence electrons. The quantitative estimate of drug-likeness (QED) is 0.632. The average Bonchev–Trinajstić information content (AvgIpc) is 2.72. The predicted octanol–water partition coefficient (Wildman–Crippen LogP) is 2.50. The Balaban J connectivity index is 2.04. The molecule has 0 aliphatic rings. The van der Waals surface area contributed by atoms with E-state index in [1.54, 1.807) is 26.8 Å². The van der Waals surface area contributed by atoms with Crippen molar-refractivity contribution in [1.29, 1.82) is 0 Å². The van der Waals surface area contributed by atoms with Crippen LogP contribution in [0.15, 0.2) is 53.4 Å². The summed E-state index contributed by atoms with van der Waals surface area (Å²) in [7, 11) is -3.70. The molecule has 0 saturated heterocycles. The predicted molar refractivity (Wildman–Crippen MR) is 110 cm³/mol. The summed E-state index contributed by atoms with van der Waals surface area (Å²) in [6.45, 7) is 5.71. The first-order valence-corrected chi connectivity index (χ1v) is 10.8. The molecule has 0 saturated carbocycles. The van der Waals surface area contributed by atoms with Crippen molar-refractivity contribution in [1.82, 2.24) is 9.62 Å². The number of amides is 1. The minimum atomic E-state index is -3.70. The molecule has 0 fully saturated rings. The van der Waals surface area contributed by atoms with Crippen molar-refractivity contribution in [3.05, 3.63) is 65.2 Å². The Bertz CT molecular complexity index is 954. The molecular formula is C21H26N2O5S. The van der Waals surface area contributed by atoms with Gasteiger partial charge in [-0.05, 0) is 30.2 Å². The van der Waals surface area contributed by atoms with E-state index in [0.29, 0.717) is 25.2 Å². The van der Waals surface area contributed by atoms with Crippen LogP contribution in [0.5, 0.6) is 0 Å². The third-order valence-electron chi connectivity index (χ3n) is 4.44. The van der Waals surface area contributed by atoms with Gasteiger partial charge in [0.1, 0.15) is 0 Å². The number of nitrogens with zero attached hydrogens (tertiary/aromatic N) is 1. The van der Waals surface area contributed by atoms with Crippen LogP contribution in [-0.4, -0.2) is 44.3 Å². The van der Waals surface area contributed by atoms with E-state index in [0.717, 1.165) is 5.56 Å². The molecule has 1 N–H and O–H groups in total. The molecule has 2 aromatic rings. The zero-order chi connectivity index (χ0) is 21.4. The van der Waals surface area contributed by atoms with E-state index in [1.807, 2.05) is 30.3 Å². The minimum Gasteiger partial charge on any atom is -0.452 e. The molecule has 0 aliphatic carbocycles. The highest BCUT2D eigenvalue weighted by Crippen LogP contribution is 2.20. The molecule has 29 heavy (non-hydrogen) atoms. The summed E-state index contributed by atoms with van der Waals surface area (Å²) in [6, 6.07) is 13.7. The highest BCUT2D eigenvalue weighted by atomic mass is 32.2. The van der Waals surface area contributed by atoms with Crippen molar-refractivity contribution in [3.63, 3.8) is 0 Å². The van der Waals surface area contributed by atoms with Crippen molar-refractivity contribution in [2.75, 3.05) is 19.7 Å². The van der Waals surface area contributed by atoms with E-state index in [-0.39, 0.29) is 10.5 Å². The van der Waals surface area contributed by atoms with Crippen LogP contribution in [0.25, 0.3) is 0 Å². The van der Waals surface area contributed by atoms with Gasteiger partial charge in [0.2, 0.25) is 10.0 Å². The van der Waals surface area contributed by atoms with Gasteiger partial charge in [-0.2, -0.15) is 4.31 Å². The van der Waals surface area contributed by atoms with E-state index < -0.39 is 28.5 Å². The fourth-order valence-electron chi connectivity index (χ4n) is 2.75. The number of hydrogen-bond donors (Lipinski definition) is 1. The van der Waals surface area contributed by atoms with Gasteiger partial charge in [-0.3, -0.25) is 4.79 Å². The smallest absolute Gasteiger partial charge is 0.338 e. The summed E-state index contributed by atoms with van der Waals surface area (Å²) in [6.07, 6.45) is 0. The van der Waals surface area contributed by atoms with Gasteiger partial charge in [0, 0.05) is 19.6 Å². The molecule has 0 aliphatic heterocycles. The molecule has 0 unspecified atom stereocenters. The molecule has 0 atom stereocenters. The van der Waals surface area contributed by atoms with Crippen molar-refractivity contribution in [2.45, 2.75) is 32.2 Å². The Morgan fingerprint density at radius 1 is 1.03 bits per heavy atom. The van der Waals surface area contributed by atoms with Crippen LogP contribution in [0.4, 0.5) is 0 Å². The third-order valence-corrected chi connectivity index (χ3v) is 6.48.